The molecule has 0 saturated heterocycles. The number of nitrogens with zero attached hydrogens (tertiary/aromatic N) is 2. The molecule has 0 aliphatic carbocycles. The van der Waals surface area contributed by atoms with E-state index >= 15 is 0 Å². The van der Waals surface area contributed by atoms with Crippen LogP contribution in [0.25, 0.3) is 0 Å². The van der Waals surface area contributed by atoms with Gasteiger partial charge in [-0.1, -0.05) is 51.9 Å². The average molecular weight is 801 g/mol. The van der Waals surface area contributed by atoms with Gasteiger partial charge in [-0.15, -0.1) is 0 Å². The molecule has 0 aromatic carbocycles. The fourth-order valence-electron chi connectivity index (χ4n) is 7.64. The number of hydrogen-bond acceptors (Lipinski definition) is 2. The molecule has 2 nitrogen and oxygen atoms in total. The molecule has 0 fully saturated rings. The maximum atomic E-state index is 4.81. The van der Waals surface area contributed by atoms with Crippen LogP contribution in [0.15, 0.2) is 0 Å². The molecule has 0 N–H and O–H groups in total. The second-order valence-corrected chi connectivity index (χ2v) is 58.6. The van der Waals surface area contributed by atoms with Gasteiger partial charge in [-0.05, 0) is 0 Å². The standard InChI is InChI=1S/C20H41.2C6H18NSi2.BrH.Sn/c1-3-5-7-9-11-13-15-17-19-20-18-16-14-12-10-8-6-4-2;2*1-8(2,3)7-9(4,5)6;;/h1,3-20H2,2H3;2*1-6H3;1H;/q;2*-1;;+3/p-1. The number of rotatable bonds is 25. The van der Waals surface area contributed by atoms with E-state index in [4.69, 9.17) is 12.7 Å². The summed E-state index contributed by atoms with van der Waals surface area (Å²) in [4.78, 5) is 0. The van der Waals surface area contributed by atoms with E-state index in [-0.39, 0.29) is 0 Å². The van der Waals surface area contributed by atoms with E-state index in [0.717, 1.165) is 0 Å². The predicted octanol–water partition coefficient (Wildman–Crippen LogP) is 13.3. The third-order valence-electron chi connectivity index (χ3n) is 8.22. The molecule has 0 aromatic rings. The van der Waals surface area contributed by atoms with Gasteiger partial charge >= 0.3 is 221 Å². The Bertz CT molecular complexity index is 579. The van der Waals surface area contributed by atoms with E-state index in [9.17, 15) is 0 Å². The first-order chi connectivity index (χ1) is 18.3. The summed E-state index contributed by atoms with van der Waals surface area (Å²) in [5, 5.41) is 0. The monoisotopic (exact) mass is 800 g/mol. The third-order valence-corrected chi connectivity index (χ3v) is 77.5. The van der Waals surface area contributed by atoms with Crippen LogP contribution in [-0.4, -0.2) is 54.5 Å². The van der Waals surface area contributed by atoms with Gasteiger partial charge in [-0.3, -0.25) is 0 Å². The maximum absolute atomic E-state index is 4.81. The van der Waals surface area contributed by atoms with Crippen LogP contribution >= 0.6 is 12.7 Å². The molecule has 40 heavy (non-hydrogen) atoms. The van der Waals surface area contributed by atoms with E-state index in [0.29, 0.717) is 0 Å². The van der Waals surface area contributed by atoms with Crippen molar-refractivity contribution < 1.29 is 0 Å². The summed E-state index contributed by atoms with van der Waals surface area (Å²) in [6.45, 7) is 34.0. The van der Waals surface area contributed by atoms with Crippen LogP contribution in [0.1, 0.15) is 122 Å². The van der Waals surface area contributed by atoms with Crippen molar-refractivity contribution in [3.05, 3.63) is 0 Å². The molecule has 0 heterocycles. The second kappa shape index (κ2) is 20.2. The Balaban J connectivity index is 4.61. The second-order valence-electron chi connectivity index (χ2n) is 16.8. The first-order valence-corrected chi connectivity index (χ1v) is 42.3. The number of halogens is 1. The van der Waals surface area contributed by atoms with E-state index in [1.54, 1.807) is 0 Å². The predicted molar refractivity (Wildman–Crippen MR) is 205 cm³/mol. The van der Waals surface area contributed by atoms with Crippen molar-refractivity contribution in [2.75, 3.05) is 0 Å². The van der Waals surface area contributed by atoms with Gasteiger partial charge in [0, 0.05) is 0 Å². The van der Waals surface area contributed by atoms with E-state index < -0.39 is 49.6 Å². The van der Waals surface area contributed by atoms with Crippen molar-refractivity contribution >= 4 is 62.3 Å². The Morgan fingerprint density at radius 2 is 0.575 bits per heavy atom. The summed E-state index contributed by atoms with van der Waals surface area (Å²) in [7, 11) is -5.79. The number of unbranched alkanes of at least 4 members (excludes halogenated alkanes) is 17. The van der Waals surface area contributed by atoms with Gasteiger partial charge in [0.2, 0.25) is 0 Å². The first-order valence-electron chi connectivity index (χ1n) is 17.6. The molecule has 0 saturated carbocycles. The topological polar surface area (TPSA) is 6.48 Å². The van der Waals surface area contributed by atoms with Gasteiger partial charge in [-0.25, -0.2) is 0 Å². The van der Waals surface area contributed by atoms with E-state index in [1.807, 2.05) is 0 Å². The Kier molecular flexibility index (Phi) is 21.3. The third kappa shape index (κ3) is 17.5. The molecule has 0 rings (SSSR count). The average Bonchev–Trinajstić information content (AvgIpc) is 2.74. The van der Waals surface area contributed by atoms with Crippen LogP contribution in [0.5, 0.6) is 0 Å². The molecule has 242 valence electrons. The van der Waals surface area contributed by atoms with E-state index in [2.05, 4.69) is 90.4 Å². The first kappa shape index (κ1) is 42.1. The fraction of sp³-hybridized carbons (Fsp3) is 1.00. The van der Waals surface area contributed by atoms with Crippen molar-refractivity contribution in [3.63, 3.8) is 0 Å². The van der Waals surface area contributed by atoms with Gasteiger partial charge < -0.3 is 0 Å². The molecule has 0 bridgehead atoms. The fourth-order valence-corrected chi connectivity index (χ4v) is 120. The van der Waals surface area contributed by atoms with Crippen molar-refractivity contribution in [2.45, 2.75) is 205 Å². The molecule has 0 radical (unpaired) electrons. The van der Waals surface area contributed by atoms with Crippen LogP contribution < -0.4 is 0 Å². The van der Waals surface area contributed by atoms with Gasteiger partial charge in [0.25, 0.3) is 0 Å². The summed E-state index contributed by atoms with van der Waals surface area (Å²) in [6.07, 6.45) is 26.3. The minimum absolute atomic E-state index is 1.37. The summed E-state index contributed by atoms with van der Waals surface area (Å²) in [6, 6.07) is 0. The molecule has 0 unspecified atom stereocenters. The van der Waals surface area contributed by atoms with Crippen molar-refractivity contribution in [3.8, 4) is 0 Å². The minimum atomic E-state index is -2.94. The summed E-state index contributed by atoms with van der Waals surface area (Å²) < 4.78 is 8.09. The zero-order valence-electron chi connectivity index (χ0n) is 30.2. The Hall–Kier alpha value is 2.07. The molecule has 0 aliphatic rings. The summed E-state index contributed by atoms with van der Waals surface area (Å²) in [5.41, 5.74) is 0. The molecule has 0 aliphatic heterocycles. The van der Waals surface area contributed by atoms with Gasteiger partial charge in [0.15, 0.2) is 0 Å². The quantitative estimate of drug-likeness (QED) is 0.0670. The molecular weight excluding hydrogens is 723 g/mol. The normalized spacial score (nSPS) is 14.1. The molecular formula is C32H77BrN2Si4Sn. The van der Waals surface area contributed by atoms with Crippen LogP contribution in [0.4, 0.5) is 0 Å². The summed E-state index contributed by atoms with van der Waals surface area (Å²) in [5.74, 6) is 0. The zero-order valence-corrected chi connectivity index (χ0v) is 38.6. The SMILES string of the molecule is CCCCCCCCCCCCCCCCCCC[CH2][Sn]([Br])([N]([Si](C)(C)C)[Si](C)(C)C)[N]([Si](C)(C)C)[Si](C)(C)C. The zero-order chi connectivity index (χ0) is 31.1. The Morgan fingerprint density at radius 1 is 0.375 bits per heavy atom. The Labute approximate surface area is 270 Å². The molecule has 0 spiro atoms. The molecule has 0 atom stereocenters. The van der Waals surface area contributed by atoms with Crippen LogP contribution in [0.3, 0.4) is 0 Å². The molecule has 0 amide bonds. The van der Waals surface area contributed by atoms with Gasteiger partial charge in [0.05, 0.1) is 0 Å². The Morgan fingerprint density at radius 3 is 0.775 bits per heavy atom. The van der Waals surface area contributed by atoms with Crippen molar-refractivity contribution in [2.24, 2.45) is 0 Å². The van der Waals surface area contributed by atoms with Crippen LogP contribution in [0.2, 0.25) is 83.0 Å². The number of hydrogen-bond donors (Lipinski definition) is 0. The van der Waals surface area contributed by atoms with Crippen LogP contribution in [-0.2, 0) is 0 Å². The van der Waals surface area contributed by atoms with Gasteiger partial charge in [-0.2, -0.15) is 0 Å². The van der Waals surface area contributed by atoms with Crippen molar-refractivity contribution in [1.29, 1.82) is 0 Å². The molecule has 8 heteroatoms. The van der Waals surface area contributed by atoms with Crippen molar-refractivity contribution in [1.82, 2.24) is 4.91 Å². The van der Waals surface area contributed by atoms with Gasteiger partial charge in [0.1, 0.15) is 0 Å². The van der Waals surface area contributed by atoms with E-state index in [1.165, 1.54) is 120 Å². The summed E-state index contributed by atoms with van der Waals surface area (Å²) >= 11 is 1.87. The van der Waals surface area contributed by atoms with Crippen LogP contribution in [0, 0.1) is 0 Å². The molecule has 0 aromatic heterocycles.